The molecule has 0 atom stereocenters. The van der Waals surface area contributed by atoms with Crippen molar-refractivity contribution in [3.8, 4) is 5.75 Å². The molecule has 5 nitrogen and oxygen atoms in total. The number of carbonyl (C=O) groups excluding carboxylic acids is 1. The van der Waals surface area contributed by atoms with Crippen molar-refractivity contribution in [2.24, 2.45) is 0 Å². The van der Waals surface area contributed by atoms with Gasteiger partial charge in [0, 0.05) is 11.1 Å². The summed E-state index contributed by atoms with van der Waals surface area (Å²) >= 11 is 0. The van der Waals surface area contributed by atoms with Crippen LogP contribution < -0.4 is 10.1 Å². The number of hydrogen-bond donors (Lipinski definition) is 2. The number of aromatic amines is 1. The Hall–Kier alpha value is -3.34. The van der Waals surface area contributed by atoms with E-state index in [0.29, 0.717) is 11.4 Å². The van der Waals surface area contributed by atoms with Crippen LogP contribution in [0.15, 0.2) is 66.9 Å². The van der Waals surface area contributed by atoms with Gasteiger partial charge in [0.2, 0.25) is 0 Å². The molecule has 0 saturated carbocycles. The Morgan fingerprint density at radius 2 is 1.83 bits per heavy atom. The quantitative estimate of drug-likeness (QED) is 0.602. The zero-order valence-corrected chi connectivity index (χ0v) is 12.8. The molecule has 0 aliphatic heterocycles. The molecule has 1 amide bonds. The Kier molecular flexibility index (Phi) is 3.59. The predicted molar refractivity (Wildman–Crippen MR) is 94.2 cm³/mol. The van der Waals surface area contributed by atoms with Crippen molar-refractivity contribution in [1.82, 2.24) is 10.2 Å². The van der Waals surface area contributed by atoms with Crippen LogP contribution in [0.1, 0.15) is 0 Å². The van der Waals surface area contributed by atoms with E-state index in [0.717, 1.165) is 21.7 Å². The van der Waals surface area contributed by atoms with Crippen molar-refractivity contribution in [3.05, 3.63) is 66.9 Å². The molecule has 24 heavy (non-hydrogen) atoms. The number of nitrogens with zero attached hydrogens (tertiary/aromatic N) is 1. The SMILES string of the molecule is O=C(COc1ccc2ccccc2c1)Nc1ccc2cn[nH]c2c1. The van der Waals surface area contributed by atoms with Gasteiger partial charge in [-0.2, -0.15) is 5.10 Å². The van der Waals surface area contributed by atoms with Crippen LogP contribution in [0, 0.1) is 0 Å². The van der Waals surface area contributed by atoms with Gasteiger partial charge in [0.25, 0.3) is 5.91 Å². The van der Waals surface area contributed by atoms with E-state index in [9.17, 15) is 4.79 Å². The molecule has 4 aromatic rings. The largest absolute Gasteiger partial charge is 0.484 e. The molecule has 0 spiro atoms. The molecule has 0 radical (unpaired) electrons. The molecule has 118 valence electrons. The number of rotatable bonds is 4. The number of ether oxygens (including phenoxy) is 1. The summed E-state index contributed by atoms with van der Waals surface area (Å²) in [5.74, 6) is 0.467. The van der Waals surface area contributed by atoms with Crippen molar-refractivity contribution < 1.29 is 9.53 Å². The molecule has 0 fully saturated rings. The first kappa shape index (κ1) is 14.3. The first-order chi connectivity index (χ1) is 11.8. The highest BCUT2D eigenvalue weighted by Crippen LogP contribution is 2.21. The molecule has 0 aliphatic carbocycles. The van der Waals surface area contributed by atoms with Crippen molar-refractivity contribution in [2.45, 2.75) is 0 Å². The second-order valence-corrected chi connectivity index (χ2v) is 5.52. The summed E-state index contributed by atoms with van der Waals surface area (Å²) in [5, 5.41) is 12.9. The Morgan fingerprint density at radius 1 is 1.00 bits per heavy atom. The third kappa shape index (κ3) is 2.92. The van der Waals surface area contributed by atoms with Crippen molar-refractivity contribution in [2.75, 3.05) is 11.9 Å². The minimum atomic E-state index is -0.206. The van der Waals surface area contributed by atoms with Crippen LogP contribution in [0.4, 0.5) is 5.69 Å². The number of fused-ring (bicyclic) bond motifs is 2. The Morgan fingerprint density at radius 3 is 2.75 bits per heavy atom. The van der Waals surface area contributed by atoms with Gasteiger partial charge in [-0.1, -0.05) is 30.3 Å². The minimum absolute atomic E-state index is 0.0423. The van der Waals surface area contributed by atoms with Crippen LogP contribution in [-0.2, 0) is 4.79 Å². The second kappa shape index (κ2) is 6.04. The molecule has 0 unspecified atom stereocenters. The maximum absolute atomic E-state index is 12.1. The summed E-state index contributed by atoms with van der Waals surface area (Å²) in [6.45, 7) is -0.0423. The summed E-state index contributed by atoms with van der Waals surface area (Å²) in [7, 11) is 0. The Bertz CT molecular complexity index is 1020. The third-order valence-corrected chi connectivity index (χ3v) is 3.82. The monoisotopic (exact) mass is 317 g/mol. The normalized spacial score (nSPS) is 10.8. The number of hydrogen-bond acceptors (Lipinski definition) is 3. The number of carbonyl (C=O) groups is 1. The van der Waals surface area contributed by atoms with E-state index in [1.165, 1.54) is 0 Å². The van der Waals surface area contributed by atoms with Gasteiger partial charge in [0.1, 0.15) is 5.75 Å². The Labute approximate surface area is 138 Å². The Balaban J connectivity index is 1.41. The minimum Gasteiger partial charge on any atom is -0.484 e. The number of aromatic nitrogens is 2. The van der Waals surface area contributed by atoms with E-state index in [4.69, 9.17) is 4.74 Å². The summed E-state index contributed by atoms with van der Waals surface area (Å²) in [6, 6.07) is 19.4. The maximum atomic E-state index is 12.1. The van der Waals surface area contributed by atoms with Crippen LogP contribution in [-0.4, -0.2) is 22.7 Å². The lowest BCUT2D eigenvalue weighted by atomic mass is 10.1. The molecular weight excluding hydrogens is 302 g/mol. The molecule has 0 bridgehead atoms. The van der Waals surface area contributed by atoms with Crippen LogP contribution in [0.5, 0.6) is 5.75 Å². The third-order valence-electron chi connectivity index (χ3n) is 3.82. The van der Waals surface area contributed by atoms with Gasteiger partial charge in [0.15, 0.2) is 6.61 Å². The van der Waals surface area contributed by atoms with Crippen LogP contribution >= 0.6 is 0 Å². The molecular formula is C19H15N3O2. The van der Waals surface area contributed by atoms with Gasteiger partial charge in [-0.25, -0.2) is 0 Å². The van der Waals surface area contributed by atoms with Crippen LogP contribution in [0.3, 0.4) is 0 Å². The van der Waals surface area contributed by atoms with Crippen LogP contribution in [0.25, 0.3) is 21.7 Å². The zero-order chi connectivity index (χ0) is 16.4. The fourth-order valence-electron chi connectivity index (χ4n) is 2.62. The summed E-state index contributed by atoms with van der Waals surface area (Å²) in [5.41, 5.74) is 1.59. The molecule has 3 aromatic carbocycles. The smallest absolute Gasteiger partial charge is 0.262 e. The standard InChI is InChI=1S/C19H15N3O2/c23-19(21-16-7-5-15-11-20-22-18(15)10-16)12-24-17-8-6-13-3-1-2-4-14(13)9-17/h1-11H,12H2,(H,20,22)(H,21,23). The van der Waals surface area contributed by atoms with E-state index < -0.39 is 0 Å². The van der Waals surface area contributed by atoms with Gasteiger partial charge in [-0.3, -0.25) is 9.89 Å². The number of amides is 1. The van der Waals surface area contributed by atoms with Crippen molar-refractivity contribution in [3.63, 3.8) is 0 Å². The number of anilines is 1. The fraction of sp³-hybridized carbons (Fsp3) is 0.0526. The number of benzene rings is 3. The molecule has 4 rings (SSSR count). The first-order valence-electron chi connectivity index (χ1n) is 7.62. The van der Waals surface area contributed by atoms with Crippen molar-refractivity contribution in [1.29, 1.82) is 0 Å². The van der Waals surface area contributed by atoms with Gasteiger partial charge >= 0.3 is 0 Å². The fourth-order valence-corrected chi connectivity index (χ4v) is 2.62. The molecule has 0 saturated heterocycles. The lowest BCUT2D eigenvalue weighted by Crippen LogP contribution is -2.20. The summed E-state index contributed by atoms with van der Waals surface area (Å²) in [4.78, 5) is 12.1. The maximum Gasteiger partial charge on any atom is 0.262 e. The van der Waals surface area contributed by atoms with Gasteiger partial charge < -0.3 is 10.1 Å². The predicted octanol–water partition coefficient (Wildman–Crippen LogP) is 3.73. The molecule has 2 N–H and O–H groups in total. The average molecular weight is 317 g/mol. The van der Waals surface area contributed by atoms with E-state index in [1.807, 2.05) is 60.7 Å². The molecule has 1 aromatic heterocycles. The summed E-state index contributed by atoms with van der Waals surface area (Å²) < 4.78 is 5.59. The van der Waals surface area contributed by atoms with E-state index in [1.54, 1.807) is 6.20 Å². The van der Waals surface area contributed by atoms with E-state index >= 15 is 0 Å². The highest BCUT2D eigenvalue weighted by molar-refractivity contribution is 5.94. The molecule has 1 heterocycles. The van der Waals surface area contributed by atoms with Gasteiger partial charge in [-0.05, 0) is 41.1 Å². The number of H-pyrrole nitrogens is 1. The lowest BCUT2D eigenvalue weighted by Gasteiger charge is -2.08. The van der Waals surface area contributed by atoms with E-state index in [2.05, 4.69) is 15.5 Å². The van der Waals surface area contributed by atoms with E-state index in [-0.39, 0.29) is 12.5 Å². The summed E-state index contributed by atoms with van der Waals surface area (Å²) in [6.07, 6.45) is 1.74. The topological polar surface area (TPSA) is 67.0 Å². The average Bonchev–Trinajstić information content (AvgIpc) is 3.07. The lowest BCUT2D eigenvalue weighted by molar-refractivity contribution is -0.118. The second-order valence-electron chi connectivity index (χ2n) is 5.52. The molecule has 5 heteroatoms. The van der Waals surface area contributed by atoms with Gasteiger partial charge in [0.05, 0.1) is 11.7 Å². The van der Waals surface area contributed by atoms with Crippen LogP contribution in [0.2, 0.25) is 0 Å². The van der Waals surface area contributed by atoms with Crippen molar-refractivity contribution >= 4 is 33.3 Å². The first-order valence-corrected chi connectivity index (χ1v) is 7.62. The number of nitrogens with one attached hydrogen (secondary N) is 2. The zero-order valence-electron chi connectivity index (χ0n) is 12.8. The highest BCUT2D eigenvalue weighted by Gasteiger charge is 2.06. The highest BCUT2D eigenvalue weighted by atomic mass is 16.5. The molecule has 0 aliphatic rings. The van der Waals surface area contributed by atoms with Gasteiger partial charge in [-0.15, -0.1) is 0 Å².